The Kier molecular flexibility index (Phi) is 6.37. The highest BCUT2D eigenvalue weighted by Crippen LogP contribution is 2.33. The number of hydrogen-bond donors (Lipinski definition) is 1. The first kappa shape index (κ1) is 19.6. The third-order valence-corrected chi connectivity index (χ3v) is 4.39. The topological polar surface area (TPSA) is 48.5 Å². The van der Waals surface area contributed by atoms with Gasteiger partial charge in [0.15, 0.2) is 0 Å². The van der Waals surface area contributed by atoms with Gasteiger partial charge in [0.25, 0.3) is 0 Å². The van der Waals surface area contributed by atoms with E-state index in [9.17, 15) is 18.0 Å². The summed E-state index contributed by atoms with van der Waals surface area (Å²) < 4.78 is 38.0. The average Bonchev–Trinajstić information content (AvgIpc) is 2.54. The molecule has 0 bridgehead atoms. The number of alkyl halides is 3. The molecule has 0 spiro atoms. The number of nitrogens with zero attached hydrogens (tertiary/aromatic N) is 3. The van der Waals surface area contributed by atoms with E-state index in [0.29, 0.717) is 32.0 Å². The monoisotopic (exact) mass is 378 g/mol. The first-order valence-corrected chi connectivity index (χ1v) is 8.63. The Morgan fingerprint density at radius 2 is 2.00 bits per heavy atom. The van der Waals surface area contributed by atoms with E-state index >= 15 is 0 Å². The molecule has 1 aliphatic heterocycles. The Morgan fingerprint density at radius 3 is 2.52 bits per heavy atom. The number of aromatic nitrogens is 1. The van der Waals surface area contributed by atoms with Crippen LogP contribution in [-0.4, -0.2) is 48.1 Å². The van der Waals surface area contributed by atoms with E-state index in [2.05, 4.69) is 17.2 Å². The van der Waals surface area contributed by atoms with Crippen molar-refractivity contribution in [3.8, 4) is 0 Å². The molecule has 1 saturated heterocycles. The molecule has 0 radical (unpaired) electrons. The zero-order valence-electron chi connectivity index (χ0n) is 14.2. The van der Waals surface area contributed by atoms with Crippen LogP contribution >= 0.6 is 11.6 Å². The van der Waals surface area contributed by atoms with Crippen LogP contribution in [-0.2, 0) is 6.18 Å². The molecule has 1 aromatic rings. The fourth-order valence-corrected chi connectivity index (χ4v) is 3.03. The number of hydrogen-bond acceptors (Lipinski definition) is 3. The number of halogens is 4. The van der Waals surface area contributed by atoms with Gasteiger partial charge in [-0.2, -0.15) is 13.2 Å². The van der Waals surface area contributed by atoms with Crippen molar-refractivity contribution in [2.75, 3.05) is 31.1 Å². The highest BCUT2D eigenvalue weighted by molar-refractivity contribution is 6.33. The largest absolute Gasteiger partial charge is 0.417 e. The lowest BCUT2D eigenvalue weighted by molar-refractivity contribution is -0.137. The smallest absolute Gasteiger partial charge is 0.352 e. The number of piperazine rings is 1. The second kappa shape index (κ2) is 8.12. The summed E-state index contributed by atoms with van der Waals surface area (Å²) in [6.07, 6.45) is -1.78. The number of nitrogens with one attached hydrogen (secondary N) is 1. The van der Waals surface area contributed by atoms with Crippen molar-refractivity contribution in [1.82, 2.24) is 15.2 Å². The summed E-state index contributed by atoms with van der Waals surface area (Å²) in [5, 5.41) is 2.90. The normalized spacial score (nSPS) is 16.7. The van der Waals surface area contributed by atoms with E-state index in [4.69, 9.17) is 11.6 Å². The third kappa shape index (κ3) is 5.14. The first-order chi connectivity index (χ1) is 11.7. The molecule has 1 aromatic heterocycles. The van der Waals surface area contributed by atoms with Crippen molar-refractivity contribution in [3.05, 3.63) is 22.8 Å². The van der Waals surface area contributed by atoms with Gasteiger partial charge in [0.05, 0.1) is 10.6 Å². The van der Waals surface area contributed by atoms with Gasteiger partial charge in [-0.25, -0.2) is 9.78 Å². The number of urea groups is 1. The van der Waals surface area contributed by atoms with Gasteiger partial charge < -0.3 is 15.1 Å². The van der Waals surface area contributed by atoms with Crippen LogP contribution in [0.1, 0.15) is 32.3 Å². The van der Waals surface area contributed by atoms with E-state index in [-0.39, 0.29) is 17.1 Å². The summed E-state index contributed by atoms with van der Waals surface area (Å²) in [6, 6.07) is 0.878. The lowest BCUT2D eigenvalue weighted by Gasteiger charge is -2.36. The minimum atomic E-state index is -4.47. The number of amides is 2. The number of carbonyl (C=O) groups is 1. The molecular formula is C16H22ClF3N4O. The standard InChI is InChI=1S/C16H22ClF3N4O/c1-3-4-11(2)22-15(25)24-7-5-23(6-8-24)14-13(17)9-12(10-21-14)16(18,19)20/h9-11H,3-8H2,1-2H3,(H,22,25). The maximum Gasteiger partial charge on any atom is 0.417 e. The van der Waals surface area contributed by atoms with Gasteiger partial charge in [-0.3, -0.25) is 0 Å². The molecular weight excluding hydrogens is 357 g/mol. The van der Waals surface area contributed by atoms with Crippen LogP contribution in [0.3, 0.4) is 0 Å². The molecule has 1 atom stereocenters. The van der Waals surface area contributed by atoms with E-state index in [0.717, 1.165) is 25.1 Å². The average molecular weight is 379 g/mol. The fraction of sp³-hybridized carbons (Fsp3) is 0.625. The molecule has 140 valence electrons. The van der Waals surface area contributed by atoms with Crippen molar-refractivity contribution in [2.24, 2.45) is 0 Å². The zero-order chi connectivity index (χ0) is 18.6. The maximum absolute atomic E-state index is 12.7. The van der Waals surface area contributed by atoms with Crippen LogP contribution in [0.5, 0.6) is 0 Å². The van der Waals surface area contributed by atoms with Crippen molar-refractivity contribution in [1.29, 1.82) is 0 Å². The van der Waals surface area contributed by atoms with Crippen molar-refractivity contribution >= 4 is 23.4 Å². The quantitative estimate of drug-likeness (QED) is 0.867. The highest BCUT2D eigenvalue weighted by Gasteiger charge is 2.32. The van der Waals surface area contributed by atoms with Crippen molar-refractivity contribution in [2.45, 2.75) is 38.9 Å². The van der Waals surface area contributed by atoms with Crippen molar-refractivity contribution < 1.29 is 18.0 Å². The Labute approximate surface area is 150 Å². The number of rotatable bonds is 4. The van der Waals surface area contributed by atoms with E-state index in [1.807, 2.05) is 6.92 Å². The fourth-order valence-electron chi connectivity index (χ4n) is 2.75. The molecule has 5 nitrogen and oxygen atoms in total. The van der Waals surface area contributed by atoms with Crippen molar-refractivity contribution in [3.63, 3.8) is 0 Å². The molecule has 1 N–H and O–H groups in total. The number of pyridine rings is 1. The summed E-state index contributed by atoms with van der Waals surface area (Å²) in [7, 11) is 0. The summed E-state index contributed by atoms with van der Waals surface area (Å²) in [6.45, 7) is 5.88. The Morgan fingerprint density at radius 1 is 1.36 bits per heavy atom. The second-order valence-corrected chi connectivity index (χ2v) is 6.55. The lowest BCUT2D eigenvalue weighted by Crippen LogP contribution is -2.53. The van der Waals surface area contributed by atoms with Gasteiger partial charge >= 0.3 is 12.2 Å². The summed E-state index contributed by atoms with van der Waals surface area (Å²) in [5.41, 5.74) is -0.871. The third-order valence-electron chi connectivity index (χ3n) is 4.11. The van der Waals surface area contributed by atoms with Crippen LogP contribution in [0.2, 0.25) is 5.02 Å². The second-order valence-electron chi connectivity index (χ2n) is 6.14. The summed E-state index contributed by atoms with van der Waals surface area (Å²) >= 11 is 5.97. The van der Waals surface area contributed by atoms with Crippen LogP contribution in [0.4, 0.5) is 23.8 Å². The number of carbonyl (C=O) groups excluding carboxylic acids is 1. The Balaban J connectivity index is 1.95. The molecule has 1 aliphatic rings. The van der Waals surface area contributed by atoms with Crippen LogP contribution in [0.15, 0.2) is 12.3 Å². The minimum Gasteiger partial charge on any atom is -0.352 e. The van der Waals surface area contributed by atoms with Crippen LogP contribution in [0, 0.1) is 0 Å². The van der Waals surface area contributed by atoms with Gasteiger partial charge in [-0.05, 0) is 19.4 Å². The summed E-state index contributed by atoms with van der Waals surface area (Å²) in [5.74, 6) is 0.314. The Hall–Kier alpha value is -1.70. The molecule has 25 heavy (non-hydrogen) atoms. The lowest BCUT2D eigenvalue weighted by atomic mass is 10.2. The number of anilines is 1. The van der Waals surface area contributed by atoms with Gasteiger partial charge in [0.2, 0.25) is 0 Å². The molecule has 0 aliphatic carbocycles. The van der Waals surface area contributed by atoms with Gasteiger partial charge in [-0.15, -0.1) is 0 Å². The molecule has 2 rings (SSSR count). The molecule has 2 heterocycles. The SMILES string of the molecule is CCCC(C)NC(=O)N1CCN(c2ncc(C(F)(F)F)cc2Cl)CC1. The maximum atomic E-state index is 12.7. The molecule has 0 saturated carbocycles. The Bertz CT molecular complexity index is 604. The van der Waals surface area contributed by atoms with E-state index in [1.165, 1.54) is 0 Å². The summed E-state index contributed by atoms with van der Waals surface area (Å²) in [4.78, 5) is 19.5. The highest BCUT2D eigenvalue weighted by atomic mass is 35.5. The van der Waals surface area contributed by atoms with Gasteiger partial charge in [0, 0.05) is 38.4 Å². The minimum absolute atomic E-state index is 0.0377. The van der Waals surface area contributed by atoms with Gasteiger partial charge in [-0.1, -0.05) is 24.9 Å². The molecule has 1 fully saturated rings. The zero-order valence-corrected chi connectivity index (χ0v) is 15.0. The molecule has 2 amide bonds. The van der Waals surface area contributed by atoms with Crippen LogP contribution < -0.4 is 10.2 Å². The van der Waals surface area contributed by atoms with Crippen LogP contribution in [0.25, 0.3) is 0 Å². The predicted octanol–water partition coefficient (Wildman–Crippen LogP) is 3.77. The predicted molar refractivity (Wildman–Crippen MR) is 90.9 cm³/mol. The molecule has 9 heteroatoms. The first-order valence-electron chi connectivity index (χ1n) is 8.25. The van der Waals surface area contributed by atoms with E-state index < -0.39 is 11.7 Å². The molecule has 0 aromatic carbocycles. The van der Waals surface area contributed by atoms with E-state index in [1.54, 1.807) is 9.80 Å². The van der Waals surface area contributed by atoms with Gasteiger partial charge in [0.1, 0.15) is 5.82 Å². The molecule has 1 unspecified atom stereocenters.